The van der Waals surface area contributed by atoms with Gasteiger partial charge in [0.1, 0.15) is 0 Å². The average Bonchev–Trinajstić information content (AvgIpc) is 2.04. The zero-order valence-electron chi connectivity index (χ0n) is 6.86. The molecule has 1 saturated carbocycles. The van der Waals surface area contributed by atoms with Gasteiger partial charge in [0.25, 0.3) is 0 Å². The molecule has 0 bridgehead atoms. The summed E-state index contributed by atoms with van der Waals surface area (Å²) < 4.78 is 0. The minimum absolute atomic E-state index is 0.208. The molecule has 1 aliphatic carbocycles. The number of terminal acetylenes is 1. The number of hydrogen-bond donors (Lipinski definition) is 0. The molecule has 0 aromatic carbocycles. The first-order valence-corrected chi connectivity index (χ1v) is 4.49. The Morgan fingerprint density at radius 3 is 2.91 bits per heavy atom. The summed E-state index contributed by atoms with van der Waals surface area (Å²) in [7, 11) is 0. The minimum Gasteiger partial charge on any atom is -0.118 e. The van der Waals surface area contributed by atoms with Crippen LogP contribution < -0.4 is 0 Å². The van der Waals surface area contributed by atoms with Gasteiger partial charge < -0.3 is 0 Å². The molecule has 1 atom stereocenters. The largest absolute Gasteiger partial charge is 0.118 e. The zero-order valence-corrected chi connectivity index (χ0v) is 7.62. The fourth-order valence-corrected chi connectivity index (χ4v) is 1.91. The van der Waals surface area contributed by atoms with Crippen LogP contribution in [0.4, 0.5) is 0 Å². The molecule has 1 fully saturated rings. The number of alkyl halides is 1. The molecule has 1 unspecified atom stereocenters. The molecule has 0 aromatic rings. The second kappa shape index (κ2) is 3.83. The van der Waals surface area contributed by atoms with Crippen LogP contribution in [0.15, 0.2) is 11.1 Å². The van der Waals surface area contributed by atoms with E-state index in [-0.39, 0.29) is 5.38 Å². The molecule has 11 heavy (non-hydrogen) atoms. The van der Waals surface area contributed by atoms with Gasteiger partial charge in [0.2, 0.25) is 0 Å². The Morgan fingerprint density at radius 2 is 2.36 bits per heavy atom. The molecule has 1 aliphatic rings. The van der Waals surface area contributed by atoms with Gasteiger partial charge in [-0.1, -0.05) is 12.3 Å². The molecule has 0 nitrogen and oxygen atoms in total. The summed E-state index contributed by atoms with van der Waals surface area (Å²) in [4.78, 5) is 0. The van der Waals surface area contributed by atoms with Crippen molar-refractivity contribution >= 4 is 11.6 Å². The van der Waals surface area contributed by atoms with E-state index in [9.17, 15) is 0 Å². The maximum atomic E-state index is 6.10. The van der Waals surface area contributed by atoms with Crippen LogP contribution in [0.5, 0.6) is 0 Å². The highest BCUT2D eigenvalue weighted by molar-refractivity contribution is 6.22. The number of rotatable bonds is 0. The lowest BCUT2D eigenvalue weighted by Gasteiger charge is -2.20. The molecule has 0 heterocycles. The molecule has 0 aliphatic heterocycles. The fourth-order valence-electron chi connectivity index (χ4n) is 1.48. The average molecular weight is 169 g/mol. The number of allylic oxidation sites excluding steroid dienone is 2. The lowest BCUT2D eigenvalue weighted by Crippen LogP contribution is -2.10. The highest BCUT2D eigenvalue weighted by Gasteiger charge is 2.17. The second-order valence-electron chi connectivity index (χ2n) is 3.01. The van der Waals surface area contributed by atoms with Crippen molar-refractivity contribution in [2.24, 2.45) is 0 Å². The van der Waals surface area contributed by atoms with Gasteiger partial charge in [0.15, 0.2) is 0 Å². The quantitative estimate of drug-likeness (QED) is 0.385. The molecule has 0 amide bonds. The predicted molar refractivity (Wildman–Crippen MR) is 49.6 cm³/mol. The summed E-state index contributed by atoms with van der Waals surface area (Å²) in [5.41, 5.74) is 2.34. The van der Waals surface area contributed by atoms with E-state index in [4.69, 9.17) is 18.0 Å². The van der Waals surface area contributed by atoms with Crippen molar-refractivity contribution in [3.05, 3.63) is 11.1 Å². The second-order valence-corrected chi connectivity index (χ2v) is 3.53. The van der Waals surface area contributed by atoms with Gasteiger partial charge in [-0.25, -0.2) is 0 Å². The van der Waals surface area contributed by atoms with Gasteiger partial charge in [-0.05, 0) is 37.3 Å². The number of hydrogen-bond acceptors (Lipinski definition) is 0. The van der Waals surface area contributed by atoms with E-state index in [2.05, 4.69) is 5.92 Å². The van der Waals surface area contributed by atoms with Crippen LogP contribution in [-0.4, -0.2) is 5.38 Å². The van der Waals surface area contributed by atoms with Gasteiger partial charge in [-0.15, -0.1) is 18.0 Å². The summed E-state index contributed by atoms with van der Waals surface area (Å²) >= 11 is 6.10. The zero-order chi connectivity index (χ0) is 8.27. The van der Waals surface area contributed by atoms with Crippen LogP contribution in [0, 0.1) is 12.3 Å². The SMILES string of the molecule is C#C/C(C)=C1\CCCCC1Cl. The van der Waals surface area contributed by atoms with Crippen molar-refractivity contribution in [3.8, 4) is 12.3 Å². The lowest BCUT2D eigenvalue weighted by atomic mass is 9.91. The third kappa shape index (κ3) is 2.01. The van der Waals surface area contributed by atoms with Gasteiger partial charge in [-0.3, -0.25) is 0 Å². The van der Waals surface area contributed by atoms with Crippen LogP contribution in [0.1, 0.15) is 32.6 Å². The molecule has 0 spiro atoms. The smallest absolute Gasteiger partial charge is 0.0557 e. The molecule has 0 radical (unpaired) electrons. The molecule has 60 valence electrons. The Kier molecular flexibility index (Phi) is 3.02. The topological polar surface area (TPSA) is 0 Å². The summed E-state index contributed by atoms with van der Waals surface area (Å²) in [5.74, 6) is 2.66. The van der Waals surface area contributed by atoms with Crippen molar-refractivity contribution in [1.82, 2.24) is 0 Å². The van der Waals surface area contributed by atoms with Crippen molar-refractivity contribution in [2.45, 2.75) is 38.0 Å². The van der Waals surface area contributed by atoms with Crippen molar-refractivity contribution in [2.75, 3.05) is 0 Å². The first-order valence-electron chi connectivity index (χ1n) is 4.06. The summed E-state index contributed by atoms with van der Waals surface area (Å²) in [6.45, 7) is 1.98. The summed E-state index contributed by atoms with van der Waals surface area (Å²) in [5, 5.41) is 0.208. The fraction of sp³-hybridized carbons (Fsp3) is 0.600. The van der Waals surface area contributed by atoms with Crippen LogP contribution in [-0.2, 0) is 0 Å². The van der Waals surface area contributed by atoms with E-state index in [0.717, 1.165) is 18.4 Å². The van der Waals surface area contributed by atoms with E-state index in [1.54, 1.807) is 0 Å². The third-order valence-electron chi connectivity index (χ3n) is 2.23. The highest BCUT2D eigenvalue weighted by atomic mass is 35.5. The van der Waals surface area contributed by atoms with E-state index >= 15 is 0 Å². The van der Waals surface area contributed by atoms with Crippen LogP contribution >= 0.6 is 11.6 Å². The monoisotopic (exact) mass is 168 g/mol. The van der Waals surface area contributed by atoms with Crippen molar-refractivity contribution in [3.63, 3.8) is 0 Å². The molecule has 0 saturated heterocycles. The maximum absolute atomic E-state index is 6.10. The van der Waals surface area contributed by atoms with Crippen LogP contribution in [0.3, 0.4) is 0 Å². The van der Waals surface area contributed by atoms with Crippen LogP contribution in [0.25, 0.3) is 0 Å². The van der Waals surface area contributed by atoms with Gasteiger partial charge in [0.05, 0.1) is 5.38 Å². The van der Waals surface area contributed by atoms with Gasteiger partial charge >= 0.3 is 0 Å². The minimum atomic E-state index is 0.208. The van der Waals surface area contributed by atoms with Crippen molar-refractivity contribution < 1.29 is 0 Å². The molecular weight excluding hydrogens is 156 g/mol. The predicted octanol–water partition coefficient (Wildman–Crippen LogP) is 3.12. The highest BCUT2D eigenvalue weighted by Crippen LogP contribution is 2.29. The van der Waals surface area contributed by atoms with Gasteiger partial charge in [0, 0.05) is 0 Å². The van der Waals surface area contributed by atoms with E-state index < -0.39 is 0 Å². The van der Waals surface area contributed by atoms with Crippen molar-refractivity contribution in [1.29, 1.82) is 0 Å². The van der Waals surface area contributed by atoms with Crippen LogP contribution in [0.2, 0.25) is 0 Å². The Morgan fingerprint density at radius 1 is 1.64 bits per heavy atom. The molecule has 0 N–H and O–H groups in total. The van der Waals surface area contributed by atoms with E-state index in [1.165, 1.54) is 18.4 Å². The molecular formula is C10H13Cl. The first-order chi connectivity index (χ1) is 5.25. The van der Waals surface area contributed by atoms with Gasteiger partial charge in [-0.2, -0.15) is 0 Å². The Bertz CT molecular complexity index is 207. The Balaban J connectivity index is 2.77. The molecule has 0 aromatic heterocycles. The standard InChI is InChI=1S/C10H13Cl/c1-3-8(2)9-6-4-5-7-10(9)11/h1,10H,4-7H2,2H3/b9-8+. The number of halogens is 1. The Labute approximate surface area is 73.6 Å². The Hall–Kier alpha value is -0.410. The molecule has 1 rings (SSSR count). The van der Waals surface area contributed by atoms with E-state index in [0.29, 0.717) is 0 Å². The normalized spacial score (nSPS) is 29.4. The summed E-state index contributed by atoms with van der Waals surface area (Å²) in [6, 6.07) is 0. The van der Waals surface area contributed by atoms with E-state index in [1.807, 2.05) is 6.92 Å². The first kappa shape index (κ1) is 8.68. The lowest BCUT2D eigenvalue weighted by molar-refractivity contribution is 0.601. The molecule has 1 heteroatoms. The summed E-state index contributed by atoms with van der Waals surface area (Å²) in [6.07, 6.45) is 9.99. The maximum Gasteiger partial charge on any atom is 0.0557 e. The third-order valence-corrected chi connectivity index (χ3v) is 2.71.